The van der Waals surface area contributed by atoms with Crippen LogP contribution in [0, 0.1) is 0 Å². The summed E-state index contributed by atoms with van der Waals surface area (Å²) in [5.74, 6) is 0. The third-order valence-corrected chi connectivity index (χ3v) is 3.70. The van der Waals surface area contributed by atoms with E-state index in [1.807, 2.05) is 18.2 Å². The maximum Gasteiger partial charge on any atom is 0.150 e. The Balaban J connectivity index is 2.03. The van der Waals surface area contributed by atoms with Gasteiger partial charge in [0.2, 0.25) is 0 Å². The van der Waals surface area contributed by atoms with Crippen molar-refractivity contribution < 1.29 is 4.79 Å². The molecule has 2 aromatic heterocycles. The molecule has 2 heterocycles. The number of hydrogen-bond acceptors (Lipinski definition) is 2. The molecule has 0 saturated heterocycles. The van der Waals surface area contributed by atoms with Crippen LogP contribution >= 0.6 is 11.3 Å². The standard InChI is InChI=1S/C14H11NOS/c16-10-11-3-4-14-12(8-11)5-6-15(14)9-13-2-1-7-17-13/h1-8,10H,9H2. The van der Waals surface area contributed by atoms with Crippen molar-refractivity contribution >= 4 is 28.5 Å². The predicted octanol–water partition coefficient (Wildman–Crippen LogP) is 3.56. The van der Waals surface area contributed by atoms with Crippen molar-refractivity contribution in [2.45, 2.75) is 6.54 Å². The van der Waals surface area contributed by atoms with Gasteiger partial charge in [0.1, 0.15) is 6.29 Å². The van der Waals surface area contributed by atoms with Gasteiger partial charge in [-0.3, -0.25) is 4.79 Å². The smallest absolute Gasteiger partial charge is 0.150 e. The summed E-state index contributed by atoms with van der Waals surface area (Å²) < 4.78 is 2.20. The van der Waals surface area contributed by atoms with Crippen LogP contribution in [0.25, 0.3) is 10.9 Å². The largest absolute Gasteiger partial charge is 0.342 e. The molecule has 0 atom stereocenters. The maximum absolute atomic E-state index is 10.7. The van der Waals surface area contributed by atoms with E-state index in [9.17, 15) is 4.79 Å². The molecule has 0 aliphatic heterocycles. The van der Waals surface area contributed by atoms with Gasteiger partial charge in [-0.15, -0.1) is 11.3 Å². The minimum atomic E-state index is 0.728. The van der Waals surface area contributed by atoms with E-state index < -0.39 is 0 Å². The molecule has 17 heavy (non-hydrogen) atoms. The van der Waals surface area contributed by atoms with Crippen LogP contribution in [0.15, 0.2) is 48.0 Å². The first-order chi connectivity index (χ1) is 8.36. The Kier molecular flexibility index (Phi) is 2.53. The van der Waals surface area contributed by atoms with Crippen molar-refractivity contribution in [3.63, 3.8) is 0 Å². The van der Waals surface area contributed by atoms with Crippen molar-refractivity contribution in [3.8, 4) is 0 Å². The maximum atomic E-state index is 10.7. The molecule has 0 unspecified atom stereocenters. The van der Waals surface area contributed by atoms with Gasteiger partial charge in [0.15, 0.2) is 0 Å². The Morgan fingerprint density at radius 1 is 1.24 bits per heavy atom. The topological polar surface area (TPSA) is 22.0 Å². The number of hydrogen-bond donors (Lipinski definition) is 0. The van der Waals surface area contributed by atoms with E-state index in [1.165, 1.54) is 10.4 Å². The van der Waals surface area contributed by atoms with Crippen LogP contribution in [0.3, 0.4) is 0 Å². The molecular weight excluding hydrogens is 230 g/mol. The van der Waals surface area contributed by atoms with E-state index >= 15 is 0 Å². The van der Waals surface area contributed by atoms with Gasteiger partial charge in [-0.1, -0.05) is 6.07 Å². The average molecular weight is 241 g/mol. The fraction of sp³-hybridized carbons (Fsp3) is 0.0714. The lowest BCUT2D eigenvalue weighted by Crippen LogP contribution is -1.95. The van der Waals surface area contributed by atoms with Crippen molar-refractivity contribution in [2.75, 3.05) is 0 Å². The van der Waals surface area contributed by atoms with Crippen molar-refractivity contribution in [3.05, 3.63) is 58.4 Å². The Morgan fingerprint density at radius 3 is 2.94 bits per heavy atom. The van der Waals surface area contributed by atoms with Gasteiger partial charge in [0.25, 0.3) is 0 Å². The summed E-state index contributed by atoms with van der Waals surface area (Å²) in [4.78, 5) is 12.0. The van der Waals surface area contributed by atoms with E-state index in [2.05, 4.69) is 34.3 Å². The normalized spacial score (nSPS) is 10.8. The summed E-state index contributed by atoms with van der Waals surface area (Å²) in [6.45, 7) is 0.890. The minimum Gasteiger partial charge on any atom is -0.342 e. The summed E-state index contributed by atoms with van der Waals surface area (Å²) in [5.41, 5.74) is 1.90. The van der Waals surface area contributed by atoms with Gasteiger partial charge in [0.05, 0.1) is 6.54 Å². The summed E-state index contributed by atoms with van der Waals surface area (Å²) in [7, 11) is 0. The summed E-state index contributed by atoms with van der Waals surface area (Å²) in [6.07, 6.45) is 2.95. The monoisotopic (exact) mass is 241 g/mol. The van der Waals surface area contributed by atoms with Crippen LogP contribution < -0.4 is 0 Å². The average Bonchev–Trinajstić information content (AvgIpc) is 2.99. The molecule has 3 heteroatoms. The first-order valence-electron chi connectivity index (χ1n) is 5.43. The molecule has 0 saturated carbocycles. The minimum absolute atomic E-state index is 0.728. The molecule has 3 rings (SSSR count). The lowest BCUT2D eigenvalue weighted by molar-refractivity contribution is 0.112. The molecule has 2 nitrogen and oxygen atoms in total. The van der Waals surface area contributed by atoms with Gasteiger partial charge in [0, 0.05) is 27.5 Å². The second-order valence-electron chi connectivity index (χ2n) is 3.96. The second-order valence-corrected chi connectivity index (χ2v) is 4.99. The van der Waals surface area contributed by atoms with Crippen molar-refractivity contribution in [1.29, 1.82) is 0 Å². The summed E-state index contributed by atoms with van der Waals surface area (Å²) in [5, 5.41) is 3.21. The molecule has 0 bridgehead atoms. The Hall–Kier alpha value is -1.87. The quantitative estimate of drug-likeness (QED) is 0.643. The van der Waals surface area contributed by atoms with Gasteiger partial charge < -0.3 is 4.57 Å². The van der Waals surface area contributed by atoms with Crippen molar-refractivity contribution in [2.24, 2.45) is 0 Å². The van der Waals surface area contributed by atoms with Crippen molar-refractivity contribution in [1.82, 2.24) is 4.57 Å². The Morgan fingerprint density at radius 2 is 2.18 bits per heavy atom. The molecule has 0 fully saturated rings. The number of aromatic nitrogens is 1. The highest BCUT2D eigenvalue weighted by molar-refractivity contribution is 7.09. The molecule has 1 aromatic carbocycles. The third kappa shape index (κ3) is 1.89. The van der Waals surface area contributed by atoms with Gasteiger partial charge in [-0.05, 0) is 35.7 Å². The van der Waals surface area contributed by atoms with Gasteiger partial charge in [-0.25, -0.2) is 0 Å². The SMILES string of the molecule is O=Cc1ccc2c(ccn2Cc2cccs2)c1. The van der Waals surface area contributed by atoms with E-state index in [0.29, 0.717) is 0 Å². The molecule has 0 spiro atoms. The van der Waals surface area contributed by atoms with Gasteiger partial charge in [-0.2, -0.15) is 0 Å². The number of carbonyl (C=O) groups is 1. The van der Waals surface area contributed by atoms with E-state index in [0.717, 1.165) is 23.8 Å². The van der Waals surface area contributed by atoms with Crippen LogP contribution in [-0.4, -0.2) is 10.9 Å². The van der Waals surface area contributed by atoms with Crippen LogP contribution in [0.2, 0.25) is 0 Å². The highest BCUT2D eigenvalue weighted by Crippen LogP contribution is 2.19. The zero-order chi connectivity index (χ0) is 11.7. The number of carbonyl (C=O) groups excluding carboxylic acids is 1. The number of rotatable bonds is 3. The van der Waals surface area contributed by atoms with Crippen LogP contribution in [0.1, 0.15) is 15.2 Å². The predicted molar refractivity (Wildman–Crippen MR) is 70.7 cm³/mol. The Bertz CT molecular complexity index is 652. The molecule has 3 aromatic rings. The molecule has 0 N–H and O–H groups in total. The molecule has 0 radical (unpaired) electrons. The first-order valence-corrected chi connectivity index (χ1v) is 6.31. The van der Waals surface area contributed by atoms with Crippen LogP contribution in [0.4, 0.5) is 0 Å². The highest BCUT2D eigenvalue weighted by Gasteiger charge is 2.03. The first kappa shape index (κ1) is 10.3. The number of thiophene rings is 1. The van der Waals surface area contributed by atoms with Crippen LogP contribution in [-0.2, 0) is 6.54 Å². The zero-order valence-electron chi connectivity index (χ0n) is 9.17. The molecular formula is C14H11NOS. The van der Waals surface area contributed by atoms with Crippen LogP contribution in [0.5, 0.6) is 0 Å². The summed E-state index contributed by atoms with van der Waals surface area (Å²) >= 11 is 1.76. The highest BCUT2D eigenvalue weighted by atomic mass is 32.1. The number of aldehydes is 1. The third-order valence-electron chi connectivity index (χ3n) is 2.84. The number of nitrogens with zero attached hydrogens (tertiary/aromatic N) is 1. The Labute approximate surface area is 103 Å². The fourth-order valence-corrected chi connectivity index (χ4v) is 2.70. The fourth-order valence-electron chi connectivity index (χ4n) is 2.00. The molecule has 0 aliphatic carbocycles. The number of fused-ring (bicyclic) bond motifs is 1. The molecule has 0 aliphatic rings. The molecule has 84 valence electrons. The van der Waals surface area contributed by atoms with Gasteiger partial charge >= 0.3 is 0 Å². The lowest BCUT2D eigenvalue weighted by atomic mass is 10.2. The van der Waals surface area contributed by atoms with E-state index in [4.69, 9.17) is 0 Å². The zero-order valence-corrected chi connectivity index (χ0v) is 9.98. The summed E-state index contributed by atoms with van der Waals surface area (Å²) in [6, 6.07) is 12.0. The number of benzene rings is 1. The van der Waals surface area contributed by atoms with E-state index in [1.54, 1.807) is 11.3 Å². The molecule has 0 amide bonds. The second kappa shape index (κ2) is 4.18. The van der Waals surface area contributed by atoms with E-state index in [-0.39, 0.29) is 0 Å². The lowest BCUT2D eigenvalue weighted by Gasteiger charge is -2.03.